The zero-order valence-corrected chi connectivity index (χ0v) is 12.1. The van der Waals surface area contributed by atoms with Gasteiger partial charge >= 0.3 is 11.9 Å². The Kier molecular flexibility index (Phi) is 6.30. The number of ether oxygens (including phenoxy) is 2. The zero-order valence-electron chi connectivity index (χ0n) is 11.3. The molecule has 0 bridgehead atoms. The molecule has 0 amide bonds. The summed E-state index contributed by atoms with van der Waals surface area (Å²) in [4.78, 5) is 23.0. The molecule has 0 spiro atoms. The average molecular weight is 301 g/mol. The summed E-state index contributed by atoms with van der Waals surface area (Å²) in [6.07, 6.45) is 0. The maximum Gasteiger partial charge on any atom is 0.340 e. The monoisotopic (exact) mass is 301 g/mol. The summed E-state index contributed by atoms with van der Waals surface area (Å²) in [6, 6.07) is 2.33. The van der Waals surface area contributed by atoms with Gasteiger partial charge < -0.3 is 15.2 Å². The molecule has 0 saturated heterocycles. The Morgan fingerprint density at radius 3 is 2.50 bits per heavy atom. The molecule has 0 atom stereocenters. The first kappa shape index (κ1) is 16.3. The Morgan fingerprint density at radius 2 is 1.90 bits per heavy atom. The largest absolute Gasteiger partial charge is 0.465 e. The highest BCUT2D eigenvalue weighted by Crippen LogP contribution is 2.27. The van der Waals surface area contributed by atoms with Crippen molar-refractivity contribution >= 4 is 29.4 Å². The van der Waals surface area contributed by atoms with Crippen molar-refractivity contribution in [2.75, 3.05) is 24.7 Å². The zero-order chi connectivity index (χ0) is 15.1. The second kappa shape index (κ2) is 7.74. The molecule has 0 aliphatic carbocycles. The molecule has 0 fully saturated rings. The minimum Gasteiger partial charge on any atom is -0.465 e. The van der Waals surface area contributed by atoms with Gasteiger partial charge in [-0.25, -0.2) is 9.18 Å². The topological polar surface area (TPSA) is 78.6 Å². The first-order valence-corrected chi connectivity index (χ1v) is 7.02. The van der Waals surface area contributed by atoms with E-state index in [0.29, 0.717) is 0 Å². The van der Waals surface area contributed by atoms with Crippen LogP contribution >= 0.6 is 11.8 Å². The van der Waals surface area contributed by atoms with Gasteiger partial charge in [-0.2, -0.15) is 0 Å². The van der Waals surface area contributed by atoms with Gasteiger partial charge in [0.1, 0.15) is 5.82 Å². The van der Waals surface area contributed by atoms with E-state index in [-0.39, 0.29) is 35.1 Å². The van der Waals surface area contributed by atoms with Crippen LogP contribution in [0.5, 0.6) is 0 Å². The highest BCUT2D eigenvalue weighted by atomic mass is 32.2. The van der Waals surface area contributed by atoms with E-state index in [0.717, 1.165) is 17.8 Å². The van der Waals surface area contributed by atoms with E-state index in [1.807, 2.05) is 0 Å². The van der Waals surface area contributed by atoms with Crippen LogP contribution in [0.2, 0.25) is 0 Å². The maximum absolute atomic E-state index is 13.7. The second-order valence-electron chi connectivity index (χ2n) is 3.68. The molecule has 1 rings (SSSR count). The molecule has 7 heteroatoms. The van der Waals surface area contributed by atoms with Gasteiger partial charge in [-0.15, -0.1) is 11.8 Å². The lowest BCUT2D eigenvalue weighted by Crippen LogP contribution is -2.10. The third-order valence-corrected chi connectivity index (χ3v) is 3.25. The molecule has 5 nitrogen and oxygen atoms in total. The van der Waals surface area contributed by atoms with Crippen molar-refractivity contribution in [3.8, 4) is 0 Å². The van der Waals surface area contributed by atoms with Gasteiger partial charge in [-0.1, -0.05) is 0 Å². The lowest BCUT2D eigenvalue weighted by atomic mass is 10.2. The summed E-state index contributed by atoms with van der Waals surface area (Å²) in [7, 11) is 0. The maximum atomic E-state index is 13.7. The second-order valence-corrected chi connectivity index (χ2v) is 4.70. The first-order chi connectivity index (χ1) is 9.49. The van der Waals surface area contributed by atoms with Crippen LogP contribution < -0.4 is 5.73 Å². The summed E-state index contributed by atoms with van der Waals surface area (Å²) >= 11 is 0.941. The predicted octanol–water partition coefficient (Wildman–Crippen LogP) is 2.24. The van der Waals surface area contributed by atoms with Crippen LogP contribution in [-0.4, -0.2) is 30.9 Å². The number of hydrogen-bond acceptors (Lipinski definition) is 6. The minimum atomic E-state index is -0.622. The fourth-order valence-electron chi connectivity index (χ4n) is 1.40. The van der Waals surface area contributed by atoms with E-state index in [1.54, 1.807) is 13.8 Å². The molecule has 2 N–H and O–H groups in total. The molecule has 0 heterocycles. The molecule has 0 radical (unpaired) electrons. The molecular formula is C13H16FNO4S. The number of carbonyl (C=O) groups excluding carboxylic acids is 2. The van der Waals surface area contributed by atoms with Gasteiger partial charge in [0.05, 0.1) is 24.5 Å². The molecule has 1 aromatic carbocycles. The van der Waals surface area contributed by atoms with Crippen molar-refractivity contribution in [3.63, 3.8) is 0 Å². The van der Waals surface area contributed by atoms with Crippen LogP contribution in [-0.2, 0) is 14.3 Å². The average Bonchev–Trinajstić information content (AvgIpc) is 2.38. The fourth-order valence-corrected chi connectivity index (χ4v) is 2.16. The van der Waals surface area contributed by atoms with Crippen molar-refractivity contribution in [2.45, 2.75) is 18.7 Å². The number of rotatable bonds is 6. The number of esters is 2. The summed E-state index contributed by atoms with van der Waals surface area (Å²) < 4.78 is 23.3. The standard InChI is InChI=1S/C13H16FNO4S/c1-3-18-12(16)7-20-11-5-8(13(17)19-4-2)10(15)6-9(11)14/h5-6H,3-4,7,15H2,1-2H3. The number of halogens is 1. The molecule has 0 aliphatic rings. The first-order valence-electron chi connectivity index (χ1n) is 6.04. The van der Waals surface area contributed by atoms with Crippen molar-refractivity contribution in [2.24, 2.45) is 0 Å². The van der Waals surface area contributed by atoms with E-state index in [9.17, 15) is 14.0 Å². The quantitative estimate of drug-likeness (QED) is 0.493. The normalized spacial score (nSPS) is 10.2. The van der Waals surface area contributed by atoms with Crippen molar-refractivity contribution in [3.05, 3.63) is 23.5 Å². The summed E-state index contributed by atoms with van der Waals surface area (Å²) in [5, 5.41) is 0. The number of carbonyl (C=O) groups is 2. The Morgan fingerprint density at radius 1 is 1.25 bits per heavy atom. The molecule has 0 aromatic heterocycles. The van der Waals surface area contributed by atoms with Crippen LogP contribution in [0.15, 0.2) is 17.0 Å². The molecule has 0 aliphatic heterocycles. The fraction of sp³-hybridized carbons (Fsp3) is 0.385. The van der Waals surface area contributed by atoms with E-state index in [2.05, 4.69) is 0 Å². The highest BCUT2D eigenvalue weighted by Gasteiger charge is 2.16. The molecule has 1 aromatic rings. The van der Waals surface area contributed by atoms with Crippen molar-refractivity contribution < 1.29 is 23.5 Å². The van der Waals surface area contributed by atoms with Crippen LogP contribution in [0.25, 0.3) is 0 Å². The van der Waals surface area contributed by atoms with E-state index < -0.39 is 17.8 Å². The number of anilines is 1. The van der Waals surface area contributed by atoms with Gasteiger partial charge in [0.25, 0.3) is 0 Å². The third-order valence-electron chi connectivity index (χ3n) is 2.25. The van der Waals surface area contributed by atoms with E-state index in [1.165, 1.54) is 6.07 Å². The molecule has 110 valence electrons. The Balaban J connectivity index is 2.88. The van der Waals surface area contributed by atoms with Gasteiger partial charge in [0.2, 0.25) is 0 Å². The Bertz CT molecular complexity index is 507. The summed E-state index contributed by atoms with van der Waals surface area (Å²) in [6.45, 7) is 3.80. The van der Waals surface area contributed by atoms with Crippen molar-refractivity contribution in [1.82, 2.24) is 0 Å². The lowest BCUT2D eigenvalue weighted by molar-refractivity contribution is -0.139. The number of nitrogen functional groups attached to an aromatic ring is 1. The predicted molar refractivity (Wildman–Crippen MR) is 74.1 cm³/mol. The number of hydrogen-bond donors (Lipinski definition) is 1. The highest BCUT2D eigenvalue weighted by molar-refractivity contribution is 8.00. The lowest BCUT2D eigenvalue weighted by Gasteiger charge is -2.09. The van der Waals surface area contributed by atoms with Gasteiger partial charge in [0.15, 0.2) is 0 Å². The van der Waals surface area contributed by atoms with Gasteiger partial charge in [-0.3, -0.25) is 4.79 Å². The molecule has 0 unspecified atom stereocenters. The number of benzene rings is 1. The minimum absolute atomic E-state index is 0.00133. The van der Waals surface area contributed by atoms with Crippen molar-refractivity contribution in [1.29, 1.82) is 0 Å². The van der Waals surface area contributed by atoms with E-state index in [4.69, 9.17) is 15.2 Å². The van der Waals surface area contributed by atoms with Gasteiger partial charge in [0, 0.05) is 10.6 Å². The summed E-state index contributed by atoms with van der Waals surface area (Å²) in [5.74, 6) is -1.71. The van der Waals surface area contributed by atoms with Gasteiger partial charge in [-0.05, 0) is 26.0 Å². The smallest absolute Gasteiger partial charge is 0.340 e. The number of thioether (sulfide) groups is 1. The Labute approximate surface area is 120 Å². The molecular weight excluding hydrogens is 285 g/mol. The van der Waals surface area contributed by atoms with Crippen LogP contribution in [0.1, 0.15) is 24.2 Å². The Hall–Kier alpha value is -1.76. The molecule has 20 heavy (non-hydrogen) atoms. The summed E-state index contributed by atoms with van der Waals surface area (Å²) in [5.41, 5.74) is 5.67. The van der Waals surface area contributed by atoms with E-state index >= 15 is 0 Å². The van der Waals surface area contributed by atoms with Crippen LogP contribution in [0.4, 0.5) is 10.1 Å². The SMILES string of the molecule is CCOC(=O)CSc1cc(C(=O)OCC)c(N)cc1F. The molecule has 0 saturated carbocycles. The van der Waals surface area contributed by atoms with Crippen LogP contribution in [0.3, 0.4) is 0 Å². The number of nitrogens with two attached hydrogens (primary N) is 1. The van der Waals surface area contributed by atoms with Crippen LogP contribution in [0, 0.1) is 5.82 Å². The third kappa shape index (κ3) is 4.41.